The van der Waals surface area contributed by atoms with Crippen LogP contribution >= 0.6 is 0 Å². The maximum atomic E-state index is 5.71. The van der Waals surface area contributed by atoms with E-state index in [1.54, 1.807) is 12.4 Å². The lowest BCUT2D eigenvalue weighted by molar-refractivity contribution is 0.250. The van der Waals surface area contributed by atoms with E-state index in [1.165, 1.54) is 76.2 Å². The van der Waals surface area contributed by atoms with Gasteiger partial charge in [-0.05, 0) is 36.7 Å². The van der Waals surface area contributed by atoms with Gasteiger partial charge in [0.15, 0.2) is 11.6 Å². The minimum Gasteiger partial charge on any atom is -0.490 e. The van der Waals surface area contributed by atoms with E-state index in [9.17, 15) is 0 Å². The van der Waals surface area contributed by atoms with Gasteiger partial charge >= 0.3 is 0 Å². The maximum Gasteiger partial charge on any atom is 0.159 e. The van der Waals surface area contributed by atoms with Crippen LogP contribution < -0.4 is 4.74 Å². The van der Waals surface area contributed by atoms with Gasteiger partial charge in [-0.25, -0.2) is 9.97 Å². The molecule has 1 saturated carbocycles. The van der Waals surface area contributed by atoms with Gasteiger partial charge in [0.05, 0.1) is 19.0 Å². The van der Waals surface area contributed by atoms with Crippen molar-refractivity contribution in [3.63, 3.8) is 0 Å². The van der Waals surface area contributed by atoms with Crippen molar-refractivity contribution in [1.82, 2.24) is 9.97 Å². The van der Waals surface area contributed by atoms with Gasteiger partial charge in [0.2, 0.25) is 0 Å². The van der Waals surface area contributed by atoms with Crippen molar-refractivity contribution < 1.29 is 4.74 Å². The van der Waals surface area contributed by atoms with Gasteiger partial charge in [0, 0.05) is 5.56 Å². The molecule has 1 aromatic heterocycles. The summed E-state index contributed by atoms with van der Waals surface area (Å²) in [6, 6.07) is 8.82. The summed E-state index contributed by atoms with van der Waals surface area (Å²) in [7, 11) is 0. The molecule has 0 aliphatic heterocycles. The van der Waals surface area contributed by atoms with Crippen molar-refractivity contribution in [3.05, 3.63) is 42.2 Å². The van der Waals surface area contributed by atoms with E-state index >= 15 is 0 Å². The van der Waals surface area contributed by atoms with Crippen molar-refractivity contribution in [2.45, 2.75) is 90.9 Å². The summed E-state index contributed by atoms with van der Waals surface area (Å²) in [6.07, 6.45) is 19.6. The highest BCUT2D eigenvalue weighted by molar-refractivity contribution is 5.55. The second-order valence-electron chi connectivity index (χ2n) is 9.06. The fourth-order valence-electron chi connectivity index (χ4n) is 4.57. The molecule has 1 aromatic carbocycles. The molecule has 0 amide bonds. The van der Waals surface area contributed by atoms with E-state index in [2.05, 4.69) is 48.1 Å². The number of ether oxygens (including phenoxy) is 1. The Hall–Kier alpha value is -1.90. The largest absolute Gasteiger partial charge is 0.490 e. The van der Waals surface area contributed by atoms with Crippen LogP contribution in [0.3, 0.4) is 0 Å². The topological polar surface area (TPSA) is 35.0 Å². The van der Waals surface area contributed by atoms with Gasteiger partial charge in [-0.15, -0.1) is 0 Å². The van der Waals surface area contributed by atoms with E-state index in [1.807, 2.05) is 0 Å². The molecule has 2 aromatic rings. The van der Waals surface area contributed by atoms with Crippen LogP contribution in [0.15, 0.2) is 36.7 Å². The molecule has 1 heterocycles. The van der Waals surface area contributed by atoms with Gasteiger partial charge in [-0.3, -0.25) is 0 Å². The first-order chi connectivity index (χ1) is 14.8. The quantitative estimate of drug-likeness (QED) is 0.338. The van der Waals surface area contributed by atoms with Crippen molar-refractivity contribution >= 4 is 0 Å². The molecule has 0 N–H and O–H groups in total. The normalized spacial score (nSPS) is 19.0. The molecular weight excluding hydrogens is 368 g/mol. The first kappa shape index (κ1) is 22.8. The molecular formula is C27H40N2O. The molecule has 0 radical (unpaired) electrons. The highest BCUT2D eigenvalue weighted by Crippen LogP contribution is 2.34. The Balaban J connectivity index is 1.41. The third kappa shape index (κ3) is 7.41. The Labute approximate surface area is 183 Å². The molecule has 3 rings (SSSR count). The Morgan fingerprint density at radius 3 is 2.07 bits per heavy atom. The minimum atomic E-state index is 0.742. The van der Waals surface area contributed by atoms with Gasteiger partial charge in [0.25, 0.3) is 0 Å². The molecule has 3 nitrogen and oxygen atoms in total. The number of hydrogen-bond donors (Lipinski definition) is 0. The van der Waals surface area contributed by atoms with Crippen LogP contribution in [0.2, 0.25) is 0 Å². The summed E-state index contributed by atoms with van der Waals surface area (Å²) < 4.78 is 5.71. The third-order valence-corrected chi connectivity index (χ3v) is 6.63. The van der Waals surface area contributed by atoms with Crippen molar-refractivity contribution in [3.8, 4) is 17.1 Å². The first-order valence-electron chi connectivity index (χ1n) is 12.3. The van der Waals surface area contributed by atoms with Crippen molar-refractivity contribution in [2.24, 2.45) is 11.8 Å². The summed E-state index contributed by atoms with van der Waals surface area (Å²) in [5.41, 5.74) is 2.51. The lowest BCUT2D eigenvalue weighted by atomic mass is 9.78. The smallest absolute Gasteiger partial charge is 0.159 e. The number of unbranched alkanes of at least 4 members (excludes halogenated alkanes) is 3. The SMILES string of the molecule is CCCCCOc1cnc(-c2ccc(CC[C@H]3CC[C@H](CCCC)CC3)cc2)nc1. The molecule has 0 spiro atoms. The molecule has 0 atom stereocenters. The summed E-state index contributed by atoms with van der Waals surface area (Å²) in [5, 5.41) is 0. The van der Waals surface area contributed by atoms with Crippen LogP contribution in [0.1, 0.15) is 90.0 Å². The van der Waals surface area contributed by atoms with Crippen LogP contribution in [-0.2, 0) is 6.42 Å². The molecule has 3 heteroatoms. The molecule has 164 valence electrons. The Morgan fingerprint density at radius 2 is 1.43 bits per heavy atom. The van der Waals surface area contributed by atoms with Gasteiger partial charge in [-0.1, -0.05) is 95.9 Å². The number of nitrogens with zero attached hydrogens (tertiary/aromatic N) is 2. The minimum absolute atomic E-state index is 0.742. The summed E-state index contributed by atoms with van der Waals surface area (Å²) in [5.74, 6) is 3.47. The molecule has 1 aliphatic rings. The molecule has 1 fully saturated rings. The Bertz CT molecular complexity index is 703. The van der Waals surface area contributed by atoms with E-state index < -0.39 is 0 Å². The molecule has 0 unspecified atom stereocenters. The highest BCUT2D eigenvalue weighted by atomic mass is 16.5. The molecule has 0 bridgehead atoms. The van der Waals surface area contributed by atoms with E-state index in [-0.39, 0.29) is 0 Å². The van der Waals surface area contributed by atoms with Crippen LogP contribution in [0.4, 0.5) is 0 Å². The van der Waals surface area contributed by atoms with Crippen LogP contribution in [-0.4, -0.2) is 16.6 Å². The van der Waals surface area contributed by atoms with E-state index in [0.29, 0.717) is 0 Å². The number of aryl methyl sites for hydroxylation is 1. The number of aromatic nitrogens is 2. The van der Waals surface area contributed by atoms with Crippen LogP contribution in [0, 0.1) is 11.8 Å². The maximum absolute atomic E-state index is 5.71. The highest BCUT2D eigenvalue weighted by Gasteiger charge is 2.20. The number of hydrogen-bond acceptors (Lipinski definition) is 3. The zero-order valence-corrected chi connectivity index (χ0v) is 19.1. The monoisotopic (exact) mass is 408 g/mol. The average molecular weight is 409 g/mol. The number of benzene rings is 1. The van der Waals surface area contributed by atoms with Gasteiger partial charge in [0.1, 0.15) is 0 Å². The first-order valence-corrected chi connectivity index (χ1v) is 12.3. The molecule has 0 saturated heterocycles. The second kappa shape index (κ2) is 12.7. The lowest BCUT2D eigenvalue weighted by Crippen LogP contribution is -2.15. The fraction of sp³-hybridized carbons (Fsp3) is 0.630. The average Bonchev–Trinajstić information content (AvgIpc) is 2.81. The third-order valence-electron chi connectivity index (χ3n) is 6.63. The predicted octanol–water partition coefficient (Wildman–Crippen LogP) is 7.64. The molecule has 1 aliphatic carbocycles. The van der Waals surface area contributed by atoms with Crippen molar-refractivity contribution in [2.75, 3.05) is 6.61 Å². The second-order valence-corrected chi connectivity index (χ2v) is 9.06. The van der Waals surface area contributed by atoms with Crippen LogP contribution in [0.5, 0.6) is 5.75 Å². The zero-order valence-electron chi connectivity index (χ0n) is 19.1. The zero-order chi connectivity index (χ0) is 21.0. The van der Waals surface area contributed by atoms with Gasteiger partial charge in [-0.2, -0.15) is 0 Å². The standard InChI is InChI=1S/C27H40N2O/c1-3-5-7-19-30-26-20-28-27(29-21-26)25-17-15-24(16-18-25)14-13-23-11-9-22(10-12-23)8-6-4-2/h15-18,20-23H,3-14,19H2,1-2H3/t22-,23-. The van der Waals surface area contributed by atoms with Gasteiger partial charge < -0.3 is 4.74 Å². The Morgan fingerprint density at radius 1 is 0.800 bits per heavy atom. The summed E-state index contributed by atoms with van der Waals surface area (Å²) in [6.45, 7) is 5.25. The van der Waals surface area contributed by atoms with Crippen LogP contribution in [0.25, 0.3) is 11.4 Å². The fourth-order valence-corrected chi connectivity index (χ4v) is 4.57. The van der Waals surface area contributed by atoms with Crippen molar-refractivity contribution in [1.29, 1.82) is 0 Å². The Kier molecular flexibility index (Phi) is 9.66. The number of rotatable bonds is 12. The molecule has 30 heavy (non-hydrogen) atoms. The predicted molar refractivity (Wildman–Crippen MR) is 126 cm³/mol. The van der Waals surface area contributed by atoms with E-state index in [0.717, 1.165) is 42.0 Å². The van der Waals surface area contributed by atoms with E-state index in [4.69, 9.17) is 4.74 Å². The summed E-state index contributed by atoms with van der Waals surface area (Å²) >= 11 is 0. The summed E-state index contributed by atoms with van der Waals surface area (Å²) in [4.78, 5) is 8.98. The lowest BCUT2D eigenvalue weighted by Gasteiger charge is -2.28.